The summed E-state index contributed by atoms with van der Waals surface area (Å²) >= 11 is 6.06. The third-order valence-corrected chi connectivity index (χ3v) is 4.69. The number of amides is 3. The van der Waals surface area contributed by atoms with Gasteiger partial charge in [-0.25, -0.2) is 9.80 Å². The third-order valence-electron chi connectivity index (χ3n) is 4.50. The van der Waals surface area contributed by atoms with Crippen molar-refractivity contribution in [3.63, 3.8) is 0 Å². The predicted molar refractivity (Wildman–Crippen MR) is 96.4 cm³/mol. The van der Waals surface area contributed by atoms with Crippen LogP contribution >= 0.6 is 11.6 Å². The predicted octanol–water partition coefficient (Wildman–Crippen LogP) is 4.23. The number of hydrogen-bond donors (Lipinski definition) is 0. The Labute approximate surface area is 153 Å². The molecule has 1 aliphatic carbocycles. The number of halogens is 1. The lowest BCUT2D eigenvalue weighted by Gasteiger charge is -2.36. The molecule has 0 N–H and O–H groups in total. The molecule has 138 valence electrons. The second-order valence-electron chi connectivity index (χ2n) is 6.22. The fraction of sp³-hybridized carbons (Fsp3) is 0.647. The van der Waals surface area contributed by atoms with E-state index in [2.05, 4.69) is 10.4 Å². The Morgan fingerprint density at radius 2 is 2.00 bits per heavy atom. The maximum atomic E-state index is 12.8. The molecule has 1 fully saturated rings. The molecular formula is C17H26ClN5O2. The van der Waals surface area contributed by atoms with E-state index in [1.54, 1.807) is 24.0 Å². The summed E-state index contributed by atoms with van der Waals surface area (Å²) < 4.78 is 0. The van der Waals surface area contributed by atoms with Crippen molar-refractivity contribution in [3.05, 3.63) is 22.9 Å². The quantitative estimate of drug-likeness (QED) is 0.698. The molecule has 0 saturated heterocycles. The Morgan fingerprint density at radius 1 is 1.32 bits per heavy atom. The summed E-state index contributed by atoms with van der Waals surface area (Å²) in [7, 11) is 0. The summed E-state index contributed by atoms with van der Waals surface area (Å²) in [6, 6.07) is -0.210. The molecule has 8 heteroatoms. The highest BCUT2D eigenvalue weighted by molar-refractivity contribution is 6.29. The Hall–Kier alpha value is -1.89. The van der Waals surface area contributed by atoms with Crippen LogP contribution in [0.4, 0.5) is 4.79 Å². The summed E-state index contributed by atoms with van der Waals surface area (Å²) in [5.74, 6) is -0.408. The zero-order chi connectivity index (χ0) is 18.4. The first kappa shape index (κ1) is 19.4. The Balaban J connectivity index is 2.15. The standard InChI is InChI=1S/C17H26ClN5O2/c1-4-9-15(13(3)18)22-12-16(24)23(20-19-22)17(25)21(5-2)14-10-7-6-8-11-14/h4,9,14H,5-8,10-12H2,1-3H3/b9-4-,15-13-. The van der Waals surface area contributed by atoms with E-state index < -0.39 is 5.91 Å². The summed E-state index contributed by atoms with van der Waals surface area (Å²) in [6.07, 6.45) is 8.95. The molecule has 2 rings (SSSR count). The minimum Gasteiger partial charge on any atom is -0.320 e. The van der Waals surface area contributed by atoms with Crippen molar-refractivity contribution >= 4 is 23.5 Å². The lowest BCUT2D eigenvalue weighted by atomic mass is 9.94. The SMILES string of the molecule is C/C=C\C(=C(/C)Cl)N1CC(=O)N(C(=O)N(CC)C2CCCCC2)N=N1. The van der Waals surface area contributed by atoms with Crippen LogP contribution in [0.15, 0.2) is 33.3 Å². The third kappa shape index (κ3) is 4.60. The maximum Gasteiger partial charge on any atom is 0.349 e. The van der Waals surface area contributed by atoms with Gasteiger partial charge < -0.3 is 4.90 Å². The molecule has 0 unspecified atom stereocenters. The summed E-state index contributed by atoms with van der Waals surface area (Å²) in [5.41, 5.74) is 0.591. The monoisotopic (exact) mass is 367 g/mol. The van der Waals surface area contributed by atoms with Crippen LogP contribution in [-0.2, 0) is 4.79 Å². The summed E-state index contributed by atoms with van der Waals surface area (Å²) in [5, 5.41) is 10.7. The van der Waals surface area contributed by atoms with E-state index in [1.807, 2.05) is 13.8 Å². The highest BCUT2D eigenvalue weighted by Gasteiger charge is 2.34. The van der Waals surface area contributed by atoms with E-state index in [0.717, 1.165) is 30.7 Å². The van der Waals surface area contributed by atoms with Gasteiger partial charge in [0.15, 0.2) is 0 Å². The van der Waals surface area contributed by atoms with Crippen molar-refractivity contribution in [2.45, 2.75) is 58.9 Å². The largest absolute Gasteiger partial charge is 0.349 e. The van der Waals surface area contributed by atoms with E-state index in [4.69, 9.17) is 11.6 Å². The fourth-order valence-corrected chi connectivity index (χ4v) is 3.40. The molecule has 0 aromatic carbocycles. The molecule has 1 aliphatic heterocycles. The number of carbonyl (C=O) groups is 2. The van der Waals surface area contributed by atoms with Gasteiger partial charge in [0.25, 0.3) is 5.91 Å². The maximum absolute atomic E-state index is 12.8. The van der Waals surface area contributed by atoms with Crippen molar-refractivity contribution in [3.8, 4) is 0 Å². The highest BCUT2D eigenvalue weighted by Crippen LogP contribution is 2.25. The smallest absolute Gasteiger partial charge is 0.320 e. The molecule has 1 heterocycles. The van der Waals surface area contributed by atoms with Crippen LogP contribution in [0.25, 0.3) is 0 Å². The molecule has 0 radical (unpaired) electrons. The van der Waals surface area contributed by atoms with E-state index >= 15 is 0 Å². The van der Waals surface area contributed by atoms with Crippen LogP contribution in [-0.4, -0.2) is 46.0 Å². The van der Waals surface area contributed by atoms with Crippen molar-refractivity contribution in [1.29, 1.82) is 0 Å². The molecule has 0 spiro atoms. The zero-order valence-electron chi connectivity index (χ0n) is 15.1. The number of rotatable bonds is 4. The molecule has 0 bridgehead atoms. The lowest BCUT2D eigenvalue weighted by molar-refractivity contribution is -0.132. The van der Waals surface area contributed by atoms with Gasteiger partial charge in [0, 0.05) is 17.6 Å². The van der Waals surface area contributed by atoms with Gasteiger partial charge in [-0.05, 0) is 50.1 Å². The van der Waals surface area contributed by atoms with E-state index in [1.165, 1.54) is 11.4 Å². The van der Waals surface area contributed by atoms with Gasteiger partial charge in [-0.2, -0.15) is 0 Å². The number of allylic oxidation sites excluding steroid dienone is 3. The van der Waals surface area contributed by atoms with Crippen LogP contribution in [0.5, 0.6) is 0 Å². The molecule has 25 heavy (non-hydrogen) atoms. The number of carbonyl (C=O) groups excluding carboxylic acids is 2. The Bertz CT molecular complexity index is 592. The topological polar surface area (TPSA) is 68.6 Å². The first-order valence-electron chi connectivity index (χ1n) is 8.81. The van der Waals surface area contributed by atoms with Crippen molar-refractivity contribution in [2.75, 3.05) is 13.1 Å². The number of imide groups is 1. The molecule has 2 aliphatic rings. The van der Waals surface area contributed by atoms with Gasteiger partial charge in [0.1, 0.15) is 6.54 Å². The van der Waals surface area contributed by atoms with E-state index in [-0.39, 0.29) is 18.6 Å². The van der Waals surface area contributed by atoms with Gasteiger partial charge in [0.2, 0.25) is 0 Å². The second kappa shape index (κ2) is 8.99. The normalized spacial score (nSPS) is 20.2. The first-order chi connectivity index (χ1) is 12.0. The zero-order valence-corrected chi connectivity index (χ0v) is 15.9. The molecule has 0 aromatic rings. The van der Waals surface area contributed by atoms with Crippen LogP contribution in [0.2, 0.25) is 0 Å². The Morgan fingerprint density at radius 3 is 2.52 bits per heavy atom. The first-order valence-corrected chi connectivity index (χ1v) is 9.19. The van der Waals surface area contributed by atoms with Crippen LogP contribution in [0, 0.1) is 0 Å². The number of hydrogen-bond acceptors (Lipinski definition) is 5. The molecule has 7 nitrogen and oxygen atoms in total. The van der Waals surface area contributed by atoms with Gasteiger partial charge in [-0.15, -0.1) is 5.01 Å². The molecular weight excluding hydrogens is 342 g/mol. The Kier molecular flexibility index (Phi) is 6.99. The fourth-order valence-electron chi connectivity index (χ4n) is 3.24. The average molecular weight is 368 g/mol. The number of nitrogens with zero attached hydrogens (tertiary/aromatic N) is 5. The van der Waals surface area contributed by atoms with Gasteiger partial charge >= 0.3 is 6.03 Å². The van der Waals surface area contributed by atoms with Crippen molar-refractivity contribution in [1.82, 2.24) is 14.9 Å². The van der Waals surface area contributed by atoms with Crippen molar-refractivity contribution < 1.29 is 9.59 Å². The highest BCUT2D eigenvalue weighted by atomic mass is 35.5. The summed E-state index contributed by atoms with van der Waals surface area (Å²) in [4.78, 5) is 27.0. The lowest BCUT2D eigenvalue weighted by Crippen LogP contribution is -2.51. The van der Waals surface area contributed by atoms with E-state index in [0.29, 0.717) is 17.3 Å². The average Bonchev–Trinajstić information content (AvgIpc) is 2.60. The van der Waals surface area contributed by atoms with Crippen LogP contribution < -0.4 is 0 Å². The second-order valence-corrected chi connectivity index (χ2v) is 6.79. The minimum atomic E-state index is -0.408. The van der Waals surface area contributed by atoms with Crippen molar-refractivity contribution in [2.24, 2.45) is 10.4 Å². The number of urea groups is 1. The molecule has 1 saturated carbocycles. The van der Waals surface area contributed by atoms with Gasteiger partial charge in [0.05, 0.1) is 5.70 Å². The summed E-state index contributed by atoms with van der Waals surface area (Å²) in [6.45, 7) is 5.98. The minimum absolute atomic E-state index is 0.0683. The van der Waals surface area contributed by atoms with Crippen LogP contribution in [0.3, 0.4) is 0 Å². The molecule has 0 atom stereocenters. The van der Waals surface area contributed by atoms with E-state index in [9.17, 15) is 9.59 Å². The molecule has 0 aromatic heterocycles. The van der Waals surface area contributed by atoms with Gasteiger partial charge in [-0.3, -0.25) is 4.79 Å². The molecule has 3 amide bonds. The van der Waals surface area contributed by atoms with Gasteiger partial charge in [-0.1, -0.05) is 36.9 Å². The van der Waals surface area contributed by atoms with Crippen LogP contribution in [0.1, 0.15) is 52.9 Å².